The topological polar surface area (TPSA) is 0 Å². The zero-order chi connectivity index (χ0) is 10.2. The first-order valence-corrected chi connectivity index (χ1v) is 4.96. The normalized spacial score (nSPS) is 36.0. The van der Waals surface area contributed by atoms with Crippen LogP contribution < -0.4 is 0 Å². The molecule has 0 amide bonds. The Bertz CT molecular complexity index is 173. The summed E-state index contributed by atoms with van der Waals surface area (Å²) in [5.41, 5.74) is 0. The van der Waals surface area contributed by atoms with Crippen LogP contribution in [0.25, 0.3) is 0 Å². The zero-order valence-electron chi connectivity index (χ0n) is 8.36. The Morgan fingerprint density at radius 1 is 1.31 bits per heavy atom. The molecule has 0 radical (unpaired) electrons. The molecule has 1 fully saturated rings. The van der Waals surface area contributed by atoms with Gasteiger partial charge < -0.3 is 0 Å². The van der Waals surface area contributed by atoms with Crippen molar-refractivity contribution in [2.45, 2.75) is 39.8 Å². The summed E-state index contributed by atoms with van der Waals surface area (Å²) in [5, 5.41) is 0. The van der Waals surface area contributed by atoms with E-state index in [4.69, 9.17) is 0 Å². The Kier molecular flexibility index (Phi) is 2.93. The van der Waals surface area contributed by atoms with Crippen LogP contribution in [0.1, 0.15) is 33.6 Å². The standard InChI is InChI=1S/C10H17F3/c1-4-5-8-6(2)9(8)7(3)10(11,12)13/h6-9H,4-5H2,1-3H3. The molecule has 1 aliphatic carbocycles. The molecule has 0 bridgehead atoms. The van der Waals surface area contributed by atoms with E-state index in [-0.39, 0.29) is 11.8 Å². The number of hydrogen-bond donors (Lipinski definition) is 0. The second-order valence-electron chi connectivity index (χ2n) is 4.22. The molecule has 0 saturated heterocycles. The van der Waals surface area contributed by atoms with Crippen molar-refractivity contribution in [3.05, 3.63) is 0 Å². The number of alkyl halides is 3. The van der Waals surface area contributed by atoms with E-state index >= 15 is 0 Å². The molecule has 4 atom stereocenters. The van der Waals surface area contributed by atoms with Gasteiger partial charge in [-0.3, -0.25) is 0 Å². The fourth-order valence-electron chi connectivity index (χ4n) is 2.41. The van der Waals surface area contributed by atoms with E-state index in [0.29, 0.717) is 5.92 Å². The van der Waals surface area contributed by atoms with Crippen LogP contribution in [0.2, 0.25) is 0 Å². The van der Waals surface area contributed by atoms with Gasteiger partial charge in [-0.15, -0.1) is 0 Å². The molecule has 0 nitrogen and oxygen atoms in total. The summed E-state index contributed by atoms with van der Waals surface area (Å²) in [6.07, 6.45) is -2.05. The lowest BCUT2D eigenvalue weighted by Crippen LogP contribution is -2.22. The molecule has 78 valence electrons. The summed E-state index contributed by atoms with van der Waals surface area (Å²) in [6.45, 7) is 5.28. The molecule has 0 aromatic heterocycles. The minimum atomic E-state index is -4.00. The Balaban J connectivity index is 2.47. The second-order valence-corrected chi connectivity index (χ2v) is 4.22. The molecular weight excluding hydrogens is 177 g/mol. The Morgan fingerprint density at radius 2 is 1.85 bits per heavy atom. The molecule has 0 aromatic rings. The van der Waals surface area contributed by atoms with Crippen LogP contribution in [0.5, 0.6) is 0 Å². The highest BCUT2D eigenvalue weighted by molar-refractivity contribution is 4.98. The van der Waals surface area contributed by atoms with Gasteiger partial charge in [0.15, 0.2) is 0 Å². The minimum absolute atomic E-state index is 0.111. The summed E-state index contributed by atoms with van der Waals surface area (Å²) < 4.78 is 37.0. The van der Waals surface area contributed by atoms with Gasteiger partial charge in [-0.2, -0.15) is 13.2 Å². The quantitative estimate of drug-likeness (QED) is 0.639. The van der Waals surface area contributed by atoms with E-state index in [1.807, 2.05) is 13.8 Å². The van der Waals surface area contributed by atoms with E-state index in [2.05, 4.69) is 0 Å². The highest BCUT2D eigenvalue weighted by Crippen LogP contribution is 2.56. The van der Waals surface area contributed by atoms with E-state index in [1.165, 1.54) is 6.92 Å². The molecule has 1 saturated carbocycles. The fraction of sp³-hybridized carbons (Fsp3) is 1.00. The third kappa shape index (κ3) is 2.18. The van der Waals surface area contributed by atoms with Gasteiger partial charge >= 0.3 is 6.18 Å². The molecule has 1 rings (SSSR count). The zero-order valence-corrected chi connectivity index (χ0v) is 8.36. The van der Waals surface area contributed by atoms with E-state index in [0.717, 1.165) is 12.8 Å². The lowest BCUT2D eigenvalue weighted by atomic mass is 10.0. The maximum Gasteiger partial charge on any atom is 0.391 e. The van der Waals surface area contributed by atoms with E-state index in [9.17, 15) is 13.2 Å². The SMILES string of the molecule is CCCC1C(C)C1C(C)C(F)(F)F. The van der Waals surface area contributed by atoms with Crippen LogP contribution >= 0.6 is 0 Å². The number of rotatable bonds is 3. The smallest absolute Gasteiger partial charge is 0.171 e. The molecule has 0 aliphatic heterocycles. The van der Waals surface area contributed by atoms with Gasteiger partial charge in [0.05, 0.1) is 5.92 Å². The lowest BCUT2D eigenvalue weighted by molar-refractivity contribution is -0.176. The molecule has 0 N–H and O–H groups in total. The van der Waals surface area contributed by atoms with Crippen LogP contribution in [-0.4, -0.2) is 6.18 Å². The van der Waals surface area contributed by atoms with E-state index in [1.54, 1.807) is 0 Å². The van der Waals surface area contributed by atoms with Crippen molar-refractivity contribution in [1.29, 1.82) is 0 Å². The van der Waals surface area contributed by atoms with Gasteiger partial charge in [-0.05, 0) is 17.8 Å². The summed E-state index contributed by atoms with van der Waals surface area (Å²) in [5.74, 6) is -0.628. The first-order valence-electron chi connectivity index (χ1n) is 4.96. The van der Waals surface area contributed by atoms with Gasteiger partial charge in [0.2, 0.25) is 0 Å². The summed E-state index contributed by atoms with van der Waals surface area (Å²) >= 11 is 0. The van der Waals surface area contributed by atoms with Crippen LogP contribution in [0.4, 0.5) is 13.2 Å². The minimum Gasteiger partial charge on any atom is -0.171 e. The van der Waals surface area contributed by atoms with Gasteiger partial charge in [-0.1, -0.05) is 33.6 Å². The van der Waals surface area contributed by atoms with E-state index < -0.39 is 12.1 Å². The predicted octanol–water partition coefficient (Wildman–Crippen LogP) is 3.87. The third-order valence-electron chi connectivity index (χ3n) is 3.35. The second kappa shape index (κ2) is 3.50. The van der Waals surface area contributed by atoms with Crippen molar-refractivity contribution < 1.29 is 13.2 Å². The monoisotopic (exact) mass is 194 g/mol. The fourth-order valence-corrected chi connectivity index (χ4v) is 2.41. The van der Waals surface area contributed by atoms with Crippen LogP contribution in [0.3, 0.4) is 0 Å². The maximum atomic E-state index is 12.3. The molecule has 4 unspecified atom stereocenters. The number of halogens is 3. The van der Waals surface area contributed by atoms with Crippen molar-refractivity contribution in [1.82, 2.24) is 0 Å². The van der Waals surface area contributed by atoms with Crippen LogP contribution in [-0.2, 0) is 0 Å². The highest BCUT2D eigenvalue weighted by atomic mass is 19.4. The predicted molar refractivity (Wildman–Crippen MR) is 46.3 cm³/mol. The van der Waals surface area contributed by atoms with Gasteiger partial charge in [-0.25, -0.2) is 0 Å². The largest absolute Gasteiger partial charge is 0.391 e. The Morgan fingerprint density at radius 3 is 2.23 bits per heavy atom. The number of hydrogen-bond acceptors (Lipinski definition) is 0. The van der Waals surface area contributed by atoms with Gasteiger partial charge in [0.25, 0.3) is 0 Å². The Hall–Kier alpha value is -0.210. The van der Waals surface area contributed by atoms with Crippen molar-refractivity contribution in [2.75, 3.05) is 0 Å². The van der Waals surface area contributed by atoms with Crippen molar-refractivity contribution >= 4 is 0 Å². The molecule has 1 aliphatic rings. The Labute approximate surface area is 77.5 Å². The van der Waals surface area contributed by atoms with Crippen LogP contribution in [0.15, 0.2) is 0 Å². The molecule has 3 heteroatoms. The third-order valence-corrected chi connectivity index (χ3v) is 3.35. The maximum absolute atomic E-state index is 12.3. The molecule has 13 heavy (non-hydrogen) atoms. The van der Waals surface area contributed by atoms with Crippen molar-refractivity contribution in [3.8, 4) is 0 Å². The van der Waals surface area contributed by atoms with Crippen molar-refractivity contribution in [3.63, 3.8) is 0 Å². The summed E-state index contributed by atoms with van der Waals surface area (Å²) in [4.78, 5) is 0. The van der Waals surface area contributed by atoms with Crippen molar-refractivity contribution in [2.24, 2.45) is 23.7 Å². The molecule has 0 heterocycles. The van der Waals surface area contributed by atoms with Gasteiger partial charge in [0, 0.05) is 0 Å². The average Bonchev–Trinajstić information content (AvgIpc) is 2.59. The first-order chi connectivity index (χ1) is 5.89. The highest BCUT2D eigenvalue weighted by Gasteiger charge is 2.56. The summed E-state index contributed by atoms with van der Waals surface area (Å²) in [7, 11) is 0. The lowest BCUT2D eigenvalue weighted by Gasteiger charge is -2.15. The molecule has 0 spiro atoms. The first kappa shape index (κ1) is 10.9. The summed E-state index contributed by atoms with van der Waals surface area (Å²) in [6, 6.07) is 0. The molecular formula is C10H17F3. The molecule has 0 aromatic carbocycles. The van der Waals surface area contributed by atoms with Crippen LogP contribution in [0, 0.1) is 23.7 Å². The van der Waals surface area contributed by atoms with Gasteiger partial charge in [0.1, 0.15) is 0 Å². The average molecular weight is 194 g/mol.